The van der Waals surface area contributed by atoms with E-state index in [0.717, 1.165) is 16.8 Å². The third-order valence-electron chi connectivity index (χ3n) is 4.02. The summed E-state index contributed by atoms with van der Waals surface area (Å²) in [5.74, 6) is -1.67. The molecular weight excluding hydrogens is 356 g/mol. The minimum absolute atomic E-state index is 0.229. The maximum atomic E-state index is 12.7. The van der Waals surface area contributed by atoms with Crippen LogP contribution in [0.4, 0.5) is 11.4 Å². The van der Waals surface area contributed by atoms with Crippen molar-refractivity contribution < 1.29 is 14.7 Å². The largest absolute Gasteiger partial charge is 0.478 e. The average molecular weight is 374 g/mol. The summed E-state index contributed by atoms with van der Waals surface area (Å²) < 4.78 is 0. The van der Waals surface area contributed by atoms with E-state index >= 15 is 0 Å². The van der Waals surface area contributed by atoms with Gasteiger partial charge in [-0.15, -0.1) is 0 Å². The van der Waals surface area contributed by atoms with Crippen LogP contribution in [0.5, 0.6) is 0 Å². The van der Waals surface area contributed by atoms with Crippen molar-refractivity contribution in [2.75, 3.05) is 10.6 Å². The van der Waals surface area contributed by atoms with E-state index in [4.69, 9.17) is 16.2 Å². The Morgan fingerprint density at radius 3 is 2.54 bits per heavy atom. The van der Waals surface area contributed by atoms with E-state index < -0.39 is 5.97 Å². The molecule has 0 radical (unpaired) electrons. The van der Waals surface area contributed by atoms with Gasteiger partial charge in [-0.25, -0.2) is 4.79 Å². The van der Waals surface area contributed by atoms with Crippen molar-refractivity contribution in [3.8, 4) is 0 Å². The fourth-order valence-electron chi connectivity index (χ4n) is 2.83. The van der Waals surface area contributed by atoms with Gasteiger partial charge in [0.25, 0.3) is 5.91 Å². The van der Waals surface area contributed by atoms with Crippen molar-refractivity contribution >= 4 is 46.1 Å². The van der Waals surface area contributed by atoms with Crippen LogP contribution >= 0.6 is 0 Å². The molecule has 3 rings (SSSR count). The maximum absolute atomic E-state index is 12.7. The molecule has 0 heterocycles. The molecule has 7 nitrogen and oxygen atoms in total. The molecule has 6 N–H and O–H groups in total. The number of nitrogens with one attached hydrogen (secondary N) is 3. The van der Waals surface area contributed by atoms with Gasteiger partial charge in [-0.3, -0.25) is 10.2 Å². The van der Waals surface area contributed by atoms with Crippen molar-refractivity contribution in [1.82, 2.24) is 0 Å². The number of anilines is 2. The number of fused-ring (bicyclic) bond motifs is 1. The Kier molecular flexibility index (Phi) is 5.36. The molecule has 0 unspecified atom stereocenters. The van der Waals surface area contributed by atoms with E-state index in [1.807, 2.05) is 30.3 Å². The molecule has 140 valence electrons. The number of carboxylic acids is 1. The Labute approximate surface area is 161 Å². The monoisotopic (exact) mass is 374 g/mol. The minimum Gasteiger partial charge on any atom is -0.478 e. The Morgan fingerprint density at radius 2 is 1.79 bits per heavy atom. The molecule has 0 saturated carbocycles. The van der Waals surface area contributed by atoms with Gasteiger partial charge < -0.3 is 21.5 Å². The molecule has 0 aromatic heterocycles. The lowest BCUT2D eigenvalue weighted by Gasteiger charge is -2.12. The van der Waals surface area contributed by atoms with Crippen molar-refractivity contribution in [1.29, 1.82) is 5.41 Å². The minimum atomic E-state index is -1.08. The molecule has 0 fully saturated rings. The molecule has 7 heteroatoms. The highest BCUT2D eigenvalue weighted by Gasteiger charge is 2.11. The second-order valence-corrected chi connectivity index (χ2v) is 5.99. The molecule has 0 bridgehead atoms. The summed E-state index contributed by atoms with van der Waals surface area (Å²) in [6.45, 7) is 0. The number of hydrogen-bond donors (Lipinski definition) is 5. The molecule has 0 aliphatic heterocycles. The zero-order chi connectivity index (χ0) is 20.1. The van der Waals surface area contributed by atoms with Gasteiger partial charge in [0.15, 0.2) is 5.96 Å². The summed E-state index contributed by atoms with van der Waals surface area (Å²) in [5.41, 5.74) is 7.30. The molecule has 3 aromatic rings. The first kappa shape index (κ1) is 18.7. The number of hydrogen-bond acceptors (Lipinski definition) is 3. The van der Waals surface area contributed by atoms with E-state index in [1.165, 1.54) is 6.08 Å². The summed E-state index contributed by atoms with van der Waals surface area (Å²) in [4.78, 5) is 23.7. The summed E-state index contributed by atoms with van der Waals surface area (Å²) in [6.07, 6.45) is 2.50. The van der Waals surface area contributed by atoms with Gasteiger partial charge in [0, 0.05) is 28.6 Å². The van der Waals surface area contributed by atoms with Crippen LogP contribution in [-0.2, 0) is 4.79 Å². The lowest BCUT2D eigenvalue weighted by molar-refractivity contribution is -0.131. The maximum Gasteiger partial charge on any atom is 0.328 e. The topological polar surface area (TPSA) is 128 Å². The molecule has 0 saturated heterocycles. The molecule has 1 amide bonds. The Morgan fingerprint density at radius 1 is 1.00 bits per heavy atom. The first-order chi connectivity index (χ1) is 13.4. The summed E-state index contributed by atoms with van der Waals surface area (Å²) in [7, 11) is 0. The van der Waals surface area contributed by atoms with Crippen LogP contribution in [0.2, 0.25) is 0 Å². The number of guanidine groups is 1. The first-order valence-corrected chi connectivity index (χ1v) is 8.39. The zero-order valence-corrected chi connectivity index (χ0v) is 14.8. The number of nitrogens with two attached hydrogens (primary N) is 1. The van der Waals surface area contributed by atoms with Crippen LogP contribution in [0.25, 0.3) is 16.8 Å². The fraction of sp³-hybridized carbons (Fsp3) is 0. The average Bonchev–Trinajstić information content (AvgIpc) is 2.66. The van der Waals surface area contributed by atoms with Gasteiger partial charge >= 0.3 is 5.97 Å². The molecule has 3 aromatic carbocycles. The number of benzene rings is 3. The van der Waals surface area contributed by atoms with E-state index in [1.54, 1.807) is 30.3 Å². The zero-order valence-electron chi connectivity index (χ0n) is 14.8. The van der Waals surface area contributed by atoms with Crippen molar-refractivity contribution in [2.45, 2.75) is 0 Å². The predicted molar refractivity (Wildman–Crippen MR) is 111 cm³/mol. The third kappa shape index (κ3) is 4.34. The third-order valence-corrected chi connectivity index (χ3v) is 4.02. The molecular formula is C21H18N4O3. The lowest BCUT2D eigenvalue weighted by atomic mass is 10.0. The van der Waals surface area contributed by atoms with Crippen LogP contribution < -0.4 is 16.4 Å². The quantitative estimate of drug-likeness (QED) is 0.265. The van der Waals surface area contributed by atoms with E-state index in [9.17, 15) is 9.59 Å². The summed E-state index contributed by atoms with van der Waals surface area (Å²) in [5, 5.41) is 23.5. The second-order valence-electron chi connectivity index (χ2n) is 5.99. The van der Waals surface area contributed by atoms with Gasteiger partial charge in [-0.2, -0.15) is 0 Å². The second kappa shape index (κ2) is 8.05. The molecule has 0 aliphatic rings. The SMILES string of the molecule is N=C(N)Nc1cccc(C(=O)Nc2ccc3ccccc3c2/C=C/C(=O)O)c1. The standard InChI is InChI=1S/C21H18N4O3/c22-21(23)24-15-6-3-5-14(12-15)20(28)25-18-10-8-13-4-1-2-7-16(13)17(18)9-11-19(26)27/h1-12H,(H,25,28)(H,26,27)(H4,22,23,24)/b11-9+. The predicted octanol–water partition coefficient (Wildman–Crippen LogP) is 3.50. The molecule has 0 atom stereocenters. The number of amides is 1. The summed E-state index contributed by atoms with van der Waals surface area (Å²) >= 11 is 0. The number of carbonyl (C=O) groups is 2. The highest BCUT2D eigenvalue weighted by molar-refractivity contribution is 6.09. The Hall–Kier alpha value is -4.13. The highest BCUT2D eigenvalue weighted by atomic mass is 16.4. The molecule has 28 heavy (non-hydrogen) atoms. The van der Waals surface area contributed by atoms with Crippen LogP contribution in [0, 0.1) is 5.41 Å². The number of rotatable bonds is 5. The molecule has 0 aliphatic carbocycles. The number of carboxylic acid groups (broad SMARTS) is 1. The van der Waals surface area contributed by atoms with Gasteiger partial charge in [-0.05, 0) is 41.1 Å². The smallest absolute Gasteiger partial charge is 0.328 e. The molecule has 0 spiro atoms. The Balaban J connectivity index is 1.97. The van der Waals surface area contributed by atoms with E-state index in [-0.39, 0.29) is 11.9 Å². The van der Waals surface area contributed by atoms with Crippen LogP contribution in [0.1, 0.15) is 15.9 Å². The normalized spacial score (nSPS) is 10.7. The van der Waals surface area contributed by atoms with E-state index in [0.29, 0.717) is 22.5 Å². The highest BCUT2D eigenvalue weighted by Crippen LogP contribution is 2.28. The van der Waals surface area contributed by atoms with Crippen molar-refractivity contribution in [3.63, 3.8) is 0 Å². The van der Waals surface area contributed by atoms with Crippen molar-refractivity contribution in [2.24, 2.45) is 5.73 Å². The van der Waals surface area contributed by atoms with Gasteiger partial charge in [-0.1, -0.05) is 36.4 Å². The lowest BCUT2D eigenvalue weighted by Crippen LogP contribution is -2.21. The summed E-state index contributed by atoms with van der Waals surface area (Å²) in [6, 6.07) is 17.7. The Bertz CT molecular complexity index is 1110. The van der Waals surface area contributed by atoms with Crippen LogP contribution in [0.15, 0.2) is 66.7 Å². The number of carbonyl (C=O) groups excluding carboxylic acids is 1. The fourth-order valence-corrected chi connectivity index (χ4v) is 2.83. The van der Waals surface area contributed by atoms with Gasteiger partial charge in [0.1, 0.15) is 0 Å². The van der Waals surface area contributed by atoms with Crippen LogP contribution in [0.3, 0.4) is 0 Å². The van der Waals surface area contributed by atoms with Crippen molar-refractivity contribution in [3.05, 3.63) is 77.9 Å². The van der Waals surface area contributed by atoms with E-state index in [2.05, 4.69) is 10.6 Å². The number of aliphatic carboxylic acids is 1. The van der Waals surface area contributed by atoms with Gasteiger partial charge in [0.05, 0.1) is 0 Å². The first-order valence-electron chi connectivity index (χ1n) is 8.39. The van der Waals surface area contributed by atoms with Crippen LogP contribution in [-0.4, -0.2) is 22.9 Å². The van der Waals surface area contributed by atoms with Gasteiger partial charge in [0.2, 0.25) is 0 Å².